The van der Waals surface area contributed by atoms with Crippen LogP contribution in [0.4, 0.5) is 29.2 Å². The van der Waals surface area contributed by atoms with Gasteiger partial charge >= 0.3 is 0 Å². The molecule has 2 aromatic heterocycles. The van der Waals surface area contributed by atoms with Crippen LogP contribution in [0.3, 0.4) is 0 Å². The summed E-state index contributed by atoms with van der Waals surface area (Å²) < 4.78 is 5.78. The molecule has 37 heavy (non-hydrogen) atoms. The second kappa shape index (κ2) is 11.5. The molecular weight excluding hydrogens is 496 g/mol. The largest absolute Gasteiger partial charge is 0.455 e. The highest BCUT2D eigenvalue weighted by atomic mass is 35.5. The Labute approximate surface area is 218 Å². The van der Waals surface area contributed by atoms with Crippen LogP contribution < -0.4 is 15.6 Å². The average molecular weight is 521 g/mol. The zero-order valence-corrected chi connectivity index (χ0v) is 21.2. The molecule has 0 spiro atoms. The van der Waals surface area contributed by atoms with Crippen LogP contribution in [0.5, 0.6) is 0 Å². The average Bonchev–Trinajstić information content (AvgIpc) is 3.36. The summed E-state index contributed by atoms with van der Waals surface area (Å²) in [5, 5.41) is 18.9. The molecule has 2 heterocycles. The standard InChI is InChI=1S/C25H25ClN8O3/c1-4-33(5-2)25-30-23(28-18-9-6-16(3)21(26)14-18)29-24(31-25)32-27-15-20-12-13-22(37-20)17-7-10-19(11-8-17)34(35)36/h6-15H,4-5H2,1-3H3,(H2,28,29,30,31,32)/b27-15+. The molecule has 12 heteroatoms. The maximum absolute atomic E-state index is 10.9. The zero-order valence-electron chi connectivity index (χ0n) is 20.5. The maximum atomic E-state index is 10.9. The number of hydrazone groups is 1. The molecular formula is C25H25ClN8O3. The van der Waals surface area contributed by atoms with Gasteiger partial charge in [0, 0.05) is 41.5 Å². The van der Waals surface area contributed by atoms with E-state index < -0.39 is 4.92 Å². The van der Waals surface area contributed by atoms with Gasteiger partial charge < -0.3 is 14.6 Å². The van der Waals surface area contributed by atoms with Gasteiger partial charge in [-0.15, -0.1) is 0 Å². The van der Waals surface area contributed by atoms with E-state index in [9.17, 15) is 10.1 Å². The molecule has 11 nitrogen and oxygen atoms in total. The lowest BCUT2D eigenvalue weighted by atomic mass is 10.1. The molecule has 0 saturated heterocycles. The number of furan rings is 1. The summed E-state index contributed by atoms with van der Waals surface area (Å²) in [5.41, 5.74) is 5.28. The molecule has 0 bridgehead atoms. The van der Waals surface area contributed by atoms with Gasteiger partial charge in [0.15, 0.2) is 0 Å². The van der Waals surface area contributed by atoms with E-state index in [4.69, 9.17) is 16.0 Å². The molecule has 0 aliphatic carbocycles. The Morgan fingerprint density at radius 2 is 1.78 bits per heavy atom. The first kappa shape index (κ1) is 25.6. The first-order chi connectivity index (χ1) is 17.9. The molecule has 0 amide bonds. The van der Waals surface area contributed by atoms with Gasteiger partial charge in [0.05, 0.1) is 11.1 Å². The number of aryl methyl sites for hydroxylation is 1. The molecule has 0 saturated carbocycles. The number of nitrogens with zero attached hydrogens (tertiary/aromatic N) is 6. The minimum absolute atomic E-state index is 0.0158. The maximum Gasteiger partial charge on any atom is 0.269 e. The minimum Gasteiger partial charge on any atom is -0.455 e. The van der Waals surface area contributed by atoms with Crippen molar-refractivity contribution in [2.75, 3.05) is 28.7 Å². The van der Waals surface area contributed by atoms with E-state index in [1.54, 1.807) is 24.3 Å². The summed E-state index contributed by atoms with van der Waals surface area (Å²) >= 11 is 6.26. The second-order valence-corrected chi connectivity index (χ2v) is 8.33. The molecule has 0 radical (unpaired) electrons. The predicted octanol–water partition coefficient (Wildman–Crippen LogP) is 6.04. The Balaban J connectivity index is 1.52. The molecule has 4 aromatic rings. The topological polar surface area (TPSA) is 135 Å². The monoisotopic (exact) mass is 520 g/mol. The van der Waals surface area contributed by atoms with Crippen LogP contribution in [0.1, 0.15) is 25.2 Å². The predicted molar refractivity (Wildman–Crippen MR) is 145 cm³/mol. The number of rotatable bonds is 10. The van der Waals surface area contributed by atoms with Crippen molar-refractivity contribution in [3.63, 3.8) is 0 Å². The van der Waals surface area contributed by atoms with E-state index >= 15 is 0 Å². The van der Waals surface area contributed by atoms with E-state index in [-0.39, 0.29) is 11.6 Å². The van der Waals surface area contributed by atoms with Gasteiger partial charge in [-0.25, -0.2) is 5.43 Å². The fourth-order valence-electron chi connectivity index (χ4n) is 3.40. The Morgan fingerprint density at radius 1 is 1.05 bits per heavy atom. The van der Waals surface area contributed by atoms with Gasteiger partial charge in [-0.2, -0.15) is 20.1 Å². The zero-order chi connectivity index (χ0) is 26.4. The van der Waals surface area contributed by atoms with Crippen LogP contribution in [-0.4, -0.2) is 39.2 Å². The fourth-order valence-corrected chi connectivity index (χ4v) is 3.58. The Kier molecular flexibility index (Phi) is 7.94. The third-order valence-electron chi connectivity index (χ3n) is 5.44. The summed E-state index contributed by atoms with van der Waals surface area (Å²) in [6.45, 7) is 7.41. The van der Waals surface area contributed by atoms with Crippen molar-refractivity contribution in [2.24, 2.45) is 5.10 Å². The number of halogens is 1. The van der Waals surface area contributed by atoms with Gasteiger partial charge in [0.1, 0.15) is 11.5 Å². The van der Waals surface area contributed by atoms with E-state index in [2.05, 4.69) is 30.8 Å². The number of nitrogens with one attached hydrogen (secondary N) is 2. The second-order valence-electron chi connectivity index (χ2n) is 7.92. The van der Waals surface area contributed by atoms with E-state index in [0.717, 1.165) is 24.3 Å². The van der Waals surface area contributed by atoms with Gasteiger partial charge in [0.25, 0.3) is 5.69 Å². The molecule has 0 atom stereocenters. The summed E-state index contributed by atoms with van der Waals surface area (Å²) in [4.78, 5) is 25.8. The quantitative estimate of drug-likeness (QED) is 0.146. The molecule has 0 aliphatic rings. The summed E-state index contributed by atoms with van der Waals surface area (Å²) in [6, 6.07) is 15.2. The highest BCUT2D eigenvalue weighted by Gasteiger charge is 2.12. The number of hydrogen-bond acceptors (Lipinski definition) is 10. The van der Waals surface area contributed by atoms with Crippen molar-refractivity contribution in [1.29, 1.82) is 0 Å². The van der Waals surface area contributed by atoms with E-state index in [1.165, 1.54) is 18.3 Å². The van der Waals surface area contributed by atoms with Crippen LogP contribution in [0.25, 0.3) is 11.3 Å². The molecule has 0 unspecified atom stereocenters. The number of benzene rings is 2. The molecule has 2 aromatic carbocycles. The number of nitro groups is 1. The highest BCUT2D eigenvalue weighted by molar-refractivity contribution is 6.31. The SMILES string of the molecule is CCN(CC)c1nc(N/N=C/c2ccc(-c3ccc([N+](=O)[O-])cc3)o2)nc(Nc2ccc(C)c(Cl)c2)n1. The highest BCUT2D eigenvalue weighted by Crippen LogP contribution is 2.25. The Morgan fingerprint density at radius 3 is 2.46 bits per heavy atom. The molecule has 0 fully saturated rings. The normalized spacial score (nSPS) is 11.0. The smallest absolute Gasteiger partial charge is 0.269 e. The molecule has 2 N–H and O–H groups in total. The third-order valence-corrected chi connectivity index (χ3v) is 5.85. The number of hydrogen-bond donors (Lipinski definition) is 2. The van der Waals surface area contributed by atoms with Gasteiger partial charge in [0.2, 0.25) is 17.8 Å². The van der Waals surface area contributed by atoms with Crippen molar-refractivity contribution in [3.8, 4) is 11.3 Å². The first-order valence-electron chi connectivity index (χ1n) is 11.5. The summed E-state index contributed by atoms with van der Waals surface area (Å²) in [6.07, 6.45) is 1.49. The van der Waals surface area contributed by atoms with Gasteiger partial charge in [-0.05, 0) is 62.7 Å². The van der Waals surface area contributed by atoms with Crippen LogP contribution in [0, 0.1) is 17.0 Å². The van der Waals surface area contributed by atoms with Crippen molar-refractivity contribution in [1.82, 2.24) is 15.0 Å². The summed E-state index contributed by atoms with van der Waals surface area (Å²) in [7, 11) is 0. The Hall–Kier alpha value is -4.51. The van der Waals surface area contributed by atoms with Gasteiger partial charge in [-0.1, -0.05) is 17.7 Å². The minimum atomic E-state index is -0.445. The molecule has 0 aliphatic heterocycles. The third kappa shape index (κ3) is 6.39. The lowest BCUT2D eigenvalue weighted by Gasteiger charge is -2.19. The van der Waals surface area contributed by atoms with Crippen molar-refractivity contribution < 1.29 is 9.34 Å². The van der Waals surface area contributed by atoms with Crippen LogP contribution in [0.15, 0.2) is 64.1 Å². The van der Waals surface area contributed by atoms with Crippen molar-refractivity contribution >= 4 is 47.0 Å². The number of anilines is 4. The Bertz CT molecular complexity index is 1420. The lowest BCUT2D eigenvalue weighted by Crippen LogP contribution is -2.25. The van der Waals surface area contributed by atoms with E-state index in [1.807, 2.05) is 43.9 Å². The van der Waals surface area contributed by atoms with Crippen molar-refractivity contribution in [2.45, 2.75) is 20.8 Å². The lowest BCUT2D eigenvalue weighted by molar-refractivity contribution is -0.384. The number of nitro benzene ring substituents is 1. The van der Waals surface area contributed by atoms with E-state index in [0.29, 0.717) is 34.0 Å². The fraction of sp³-hybridized carbons (Fsp3) is 0.200. The molecule has 4 rings (SSSR count). The van der Waals surface area contributed by atoms with Crippen molar-refractivity contribution in [3.05, 3.63) is 81.1 Å². The number of non-ortho nitro benzene ring substituents is 1. The summed E-state index contributed by atoms with van der Waals surface area (Å²) in [5.74, 6) is 2.12. The van der Waals surface area contributed by atoms with Crippen LogP contribution in [0.2, 0.25) is 5.02 Å². The van der Waals surface area contributed by atoms with Crippen LogP contribution in [-0.2, 0) is 0 Å². The molecule has 190 valence electrons. The van der Waals surface area contributed by atoms with Crippen LogP contribution >= 0.6 is 11.6 Å². The first-order valence-corrected chi connectivity index (χ1v) is 11.9. The van der Waals surface area contributed by atoms with Gasteiger partial charge in [-0.3, -0.25) is 10.1 Å². The number of aromatic nitrogens is 3.